The number of anilines is 1. The number of nitrogens with two attached hydrogens (primary N) is 1. The van der Waals surface area contributed by atoms with Crippen molar-refractivity contribution in [1.29, 1.82) is 5.26 Å². The number of benzene rings is 1. The number of para-hydroxylation sites is 1. The van der Waals surface area contributed by atoms with Crippen LogP contribution >= 0.6 is 11.3 Å². The molecular weight excluding hydrogens is 447 g/mol. The highest BCUT2D eigenvalue weighted by molar-refractivity contribution is 7.12. The molecule has 4 nitrogen and oxygen atoms in total. The van der Waals surface area contributed by atoms with Crippen molar-refractivity contribution in [2.45, 2.75) is 57.5 Å². The number of carbonyl (C=O) groups excluding carboxylic acids is 1. The van der Waals surface area contributed by atoms with Gasteiger partial charge >= 0.3 is 6.18 Å². The number of nitrogens with zero attached hydrogens (tertiary/aromatic N) is 2. The zero-order valence-corrected chi connectivity index (χ0v) is 19.4. The normalized spacial score (nSPS) is 19.6. The van der Waals surface area contributed by atoms with E-state index >= 15 is 0 Å². The molecule has 1 aliphatic heterocycles. The largest absolute Gasteiger partial charge is 0.418 e. The van der Waals surface area contributed by atoms with E-state index < -0.39 is 17.7 Å². The van der Waals surface area contributed by atoms with Crippen LogP contribution in [0.4, 0.5) is 18.9 Å². The van der Waals surface area contributed by atoms with Crippen LogP contribution in [0.3, 0.4) is 0 Å². The van der Waals surface area contributed by atoms with Crippen molar-refractivity contribution in [3.63, 3.8) is 0 Å². The third-order valence-electron chi connectivity index (χ3n) is 6.01. The van der Waals surface area contributed by atoms with E-state index in [4.69, 9.17) is 5.73 Å². The Morgan fingerprint density at radius 2 is 1.82 bits per heavy atom. The predicted molar refractivity (Wildman–Crippen MR) is 122 cm³/mol. The Labute approximate surface area is 194 Å². The average Bonchev–Trinajstić information content (AvgIpc) is 3.23. The first-order chi connectivity index (χ1) is 15.4. The van der Waals surface area contributed by atoms with Crippen LogP contribution in [-0.4, -0.2) is 5.78 Å². The minimum atomic E-state index is -4.62. The molecule has 0 amide bonds. The lowest BCUT2D eigenvalue weighted by Crippen LogP contribution is -2.39. The molecule has 8 heteroatoms. The maximum Gasteiger partial charge on any atom is 0.418 e. The smallest absolute Gasteiger partial charge is 0.384 e. The Bertz CT molecular complexity index is 1220. The molecule has 0 spiro atoms. The van der Waals surface area contributed by atoms with Gasteiger partial charge in [-0.1, -0.05) is 32.9 Å². The molecule has 2 heterocycles. The zero-order chi connectivity index (χ0) is 24.1. The summed E-state index contributed by atoms with van der Waals surface area (Å²) in [5, 5.41) is 10.1. The van der Waals surface area contributed by atoms with Gasteiger partial charge in [-0.2, -0.15) is 18.4 Å². The molecule has 0 unspecified atom stereocenters. The summed E-state index contributed by atoms with van der Waals surface area (Å²) in [5.74, 6) is -0.881. The van der Waals surface area contributed by atoms with Crippen molar-refractivity contribution in [2.24, 2.45) is 5.73 Å². The van der Waals surface area contributed by atoms with Crippen LogP contribution in [0.25, 0.3) is 0 Å². The van der Waals surface area contributed by atoms with Crippen LogP contribution < -0.4 is 10.6 Å². The summed E-state index contributed by atoms with van der Waals surface area (Å²) in [4.78, 5) is 16.3. The molecule has 1 aromatic carbocycles. The summed E-state index contributed by atoms with van der Waals surface area (Å²) in [5.41, 5.74) is 6.21. The summed E-state index contributed by atoms with van der Waals surface area (Å²) in [6, 6.07) is 11.1. The molecule has 2 aliphatic rings. The molecule has 1 aliphatic carbocycles. The maximum atomic E-state index is 13.8. The Morgan fingerprint density at radius 3 is 2.42 bits per heavy atom. The van der Waals surface area contributed by atoms with Crippen molar-refractivity contribution >= 4 is 22.8 Å². The van der Waals surface area contributed by atoms with E-state index in [0.717, 1.165) is 15.8 Å². The van der Waals surface area contributed by atoms with E-state index in [2.05, 4.69) is 26.8 Å². The maximum absolute atomic E-state index is 13.8. The highest BCUT2D eigenvalue weighted by Crippen LogP contribution is 2.50. The van der Waals surface area contributed by atoms with E-state index in [9.17, 15) is 23.2 Å². The fraction of sp³-hybridized carbons (Fsp3) is 0.360. The van der Waals surface area contributed by atoms with Crippen LogP contribution in [0, 0.1) is 11.3 Å². The van der Waals surface area contributed by atoms with Gasteiger partial charge in [0, 0.05) is 27.4 Å². The fourth-order valence-electron chi connectivity index (χ4n) is 4.47. The SMILES string of the molecule is CC(C)(C)c1ccc([C@@H]2C(C#N)=C(N)N(c3ccccc3C(F)(F)F)C3=C2C(=O)CCC3)s1. The second-order valence-corrected chi connectivity index (χ2v) is 10.4. The third kappa shape index (κ3) is 3.95. The second kappa shape index (κ2) is 8.07. The number of ketones is 1. The molecule has 0 saturated heterocycles. The summed E-state index contributed by atoms with van der Waals surface area (Å²) < 4.78 is 41.5. The van der Waals surface area contributed by atoms with Gasteiger partial charge in [0.2, 0.25) is 0 Å². The molecule has 0 radical (unpaired) electrons. The van der Waals surface area contributed by atoms with Gasteiger partial charge < -0.3 is 5.73 Å². The molecular formula is C25H24F3N3OS. The molecule has 4 rings (SSSR count). The summed E-state index contributed by atoms with van der Waals surface area (Å²) in [7, 11) is 0. The number of carbonyl (C=O) groups is 1. The number of halogens is 3. The lowest BCUT2D eigenvalue weighted by molar-refractivity contribution is -0.137. The molecule has 33 heavy (non-hydrogen) atoms. The molecule has 2 N–H and O–H groups in total. The highest BCUT2D eigenvalue weighted by Gasteiger charge is 2.43. The number of Topliss-reactive ketones (excluding diaryl/α,β-unsaturated/α-hetero) is 1. The van der Waals surface area contributed by atoms with Gasteiger partial charge in [0.25, 0.3) is 0 Å². The van der Waals surface area contributed by atoms with Crippen molar-refractivity contribution in [2.75, 3.05) is 4.90 Å². The van der Waals surface area contributed by atoms with Crippen LogP contribution in [0.2, 0.25) is 0 Å². The Balaban J connectivity index is 1.97. The van der Waals surface area contributed by atoms with Crippen molar-refractivity contribution < 1.29 is 18.0 Å². The predicted octanol–water partition coefficient (Wildman–Crippen LogP) is 6.37. The Hall–Kier alpha value is -3.05. The molecule has 0 bridgehead atoms. The van der Waals surface area contributed by atoms with Crippen LogP contribution in [0.15, 0.2) is 59.1 Å². The van der Waals surface area contributed by atoms with Crippen LogP contribution in [0.5, 0.6) is 0 Å². The molecule has 172 valence electrons. The first kappa shape index (κ1) is 23.1. The molecule has 0 saturated carbocycles. The van der Waals surface area contributed by atoms with E-state index in [1.165, 1.54) is 34.4 Å². The quantitative estimate of drug-likeness (QED) is 0.553. The van der Waals surface area contributed by atoms with E-state index in [0.29, 0.717) is 30.5 Å². The monoisotopic (exact) mass is 471 g/mol. The zero-order valence-electron chi connectivity index (χ0n) is 18.6. The van der Waals surface area contributed by atoms with Gasteiger partial charge in [-0.15, -0.1) is 11.3 Å². The average molecular weight is 472 g/mol. The van der Waals surface area contributed by atoms with Gasteiger partial charge in [0.1, 0.15) is 5.82 Å². The number of allylic oxidation sites excluding steroid dienone is 3. The van der Waals surface area contributed by atoms with E-state index in [-0.39, 0.29) is 28.3 Å². The first-order valence-electron chi connectivity index (χ1n) is 10.7. The second-order valence-electron chi connectivity index (χ2n) is 9.28. The lowest BCUT2D eigenvalue weighted by Gasteiger charge is -2.40. The fourth-order valence-corrected chi connectivity index (χ4v) is 5.65. The summed E-state index contributed by atoms with van der Waals surface area (Å²) in [6.45, 7) is 6.22. The van der Waals surface area contributed by atoms with Gasteiger partial charge in [-0.05, 0) is 42.5 Å². The van der Waals surface area contributed by atoms with Gasteiger partial charge in [-0.25, -0.2) is 0 Å². The number of hydrogen-bond donors (Lipinski definition) is 1. The standard InChI is InChI=1S/C25H24F3N3OS/c1-24(2,3)20-12-11-19(33-20)21-14(13-29)23(30)31(17-9-6-10-18(32)22(17)21)16-8-5-4-7-15(16)25(26,27)28/h4-5,7-8,11-12,21H,6,9-10,30H2,1-3H3/t21-/m0/s1. The minimum Gasteiger partial charge on any atom is -0.384 e. The molecule has 1 aromatic heterocycles. The first-order valence-corrected chi connectivity index (χ1v) is 11.5. The lowest BCUT2D eigenvalue weighted by atomic mass is 9.78. The number of alkyl halides is 3. The molecule has 1 atom stereocenters. The summed E-state index contributed by atoms with van der Waals surface area (Å²) in [6.07, 6.45) is -3.40. The van der Waals surface area contributed by atoms with E-state index in [1.54, 1.807) is 0 Å². The van der Waals surface area contributed by atoms with E-state index in [1.807, 2.05) is 12.1 Å². The summed E-state index contributed by atoms with van der Waals surface area (Å²) >= 11 is 1.50. The van der Waals surface area contributed by atoms with Crippen molar-refractivity contribution in [3.05, 3.63) is 74.4 Å². The molecule has 2 aromatic rings. The topological polar surface area (TPSA) is 70.1 Å². The molecule has 0 fully saturated rings. The van der Waals surface area contributed by atoms with Gasteiger partial charge in [0.05, 0.1) is 28.8 Å². The van der Waals surface area contributed by atoms with Gasteiger partial charge in [-0.3, -0.25) is 9.69 Å². The van der Waals surface area contributed by atoms with Crippen molar-refractivity contribution in [3.8, 4) is 6.07 Å². The van der Waals surface area contributed by atoms with Crippen molar-refractivity contribution in [1.82, 2.24) is 0 Å². The van der Waals surface area contributed by atoms with Crippen LogP contribution in [-0.2, 0) is 16.4 Å². The number of thiophene rings is 1. The Kier molecular flexibility index (Phi) is 5.65. The highest BCUT2D eigenvalue weighted by atomic mass is 32.1. The number of nitriles is 1. The third-order valence-corrected chi connectivity index (χ3v) is 7.59. The van der Waals surface area contributed by atoms with Crippen LogP contribution in [0.1, 0.15) is 61.3 Å². The van der Waals surface area contributed by atoms with Gasteiger partial charge in [0.15, 0.2) is 5.78 Å². The Morgan fingerprint density at radius 1 is 1.12 bits per heavy atom. The minimum absolute atomic E-state index is 0.0571. The number of rotatable bonds is 2. The number of hydrogen-bond acceptors (Lipinski definition) is 5.